The van der Waals surface area contributed by atoms with Gasteiger partial charge in [0.25, 0.3) is 5.91 Å². The SMILES string of the molecule is Cc1cccc(N(C#N)C(=O)NC(=O)c2ccccc2)c1. The molecular weight excluding hydrogens is 266 g/mol. The highest BCUT2D eigenvalue weighted by atomic mass is 16.2. The molecule has 2 aromatic carbocycles. The van der Waals surface area contributed by atoms with Gasteiger partial charge in [-0.2, -0.15) is 10.2 Å². The molecule has 0 spiro atoms. The minimum Gasteiger partial charge on any atom is -0.273 e. The summed E-state index contributed by atoms with van der Waals surface area (Å²) in [6, 6.07) is 14.5. The first-order valence-electron chi connectivity index (χ1n) is 6.28. The van der Waals surface area contributed by atoms with Crippen LogP contribution in [0.15, 0.2) is 54.6 Å². The lowest BCUT2D eigenvalue weighted by atomic mass is 10.2. The van der Waals surface area contributed by atoms with E-state index >= 15 is 0 Å². The number of aryl methyl sites for hydroxylation is 1. The van der Waals surface area contributed by atoms with Crippen molar-refractivity contribution in [2.45, 2.75) is 6.92 Å². The molecule has 5 heteroatoms. The Labute approximate surface area is 122 Å². The Morgan fingerprint density at radius 3 is 2.43 bits per heavy atom. The summed E-state index contributed by atoms with van der Waals surface area (Å²) in [5.41, 5.74) is 1.68. The van der Waals surface area contributed by atoms with Crippen LogP contribution in [-0.4, -0.2) is 11.9 Å². The van der Waals surface area contributed by atoms with Crippen molar-refractivity contribution in [1.29, 1.82) is 5.26 Å². The van der Waals surface area contributed by atoms with Gasteiger partial charge in [0.1, 0.15) is 0 Å². The van der Waals surface area contributed by atoms with Crippen molar-refractivity contribution in [1.82, 2.24) is 5.32 Å². The number of nitrogens with one attached hydrogen (secondary N) is 1. The number of hydrogen-bond donors (Lipinski definition) is 1. The third kappa shape index (κ3) is 3.45. The molecule has 0 aliphatic rings. The fourth-order valence-electron chi connectivity index (χ4n) is 1.80. The second kappa shape index (κ2) is 6.35. The predicted molar refractivity (Wildman–Crippen MR) is 78.6 cm³/mol. The average molecular weight is 279 g/mol. The van der Waals surface area contributed by atoms with Gasteiger partial charge in [0.15, 0.2) is 6.19 Å². The summed E-state index contributed by atoms with van der Waals surface area (Å²) in [5.74, 6) is -0.548. The van der Waals surface area contributed by atoms with Crippen molar-refractivity contribution < 1.29 is 9.59 Å². The molecule has 5 nitrogen and oxygen atoms in total. The van der Waals surface area contributed by atoms with Gasteiger partial charge in [0.2, 0.25) is 0 Å². The van der Waals surface area contributed by atoms with E-state index in [2.05, 4.69) is 5.32 Å². The number of urea groups is 1. The van der Waals surface area contributed by atoms with Gasteiger partial charge in [-0.05, 0) is 36.8 Å². The first kappa shape index (κ1) is 14.3. The van der Waals surface area contributed by atoms with Crippen molar-refractivity contribution in [3.05, 3.63) is 65.7 Å². The predicted octanol–water partition coefficient (Wildman–Crippen LogP) is 2.83. The van der Waals surface area contributed by atoms with E-state index in [0.717, 1.165) is 10.5 Å². The van der Waals surface area contributed by atoms with Gasteiger partial charge >= 0.3 is 6.03 Å². The number of carbonyl (C=O) groups is 2. The number of amides is 3. The van der Waals surface area contributed by atoms with Gasteiger partial charge in [-0.1, -0.05) is 30.3 Å². The van der Waals surface area contributed by atoms with E-state index in [0.29, 0.717) is 11.3 Å². The zero-order valence-electron chi connectivity index (χ0n) is 11.4. The molecule has 0 saturated heterocycles. The summed E-state index contributed by atoms with van der Waals surface area (Å²) < 4.78 is 0. The van der Waals surface area contributed by atoms with Crippen LogP contribution in [0.5, 0.6) is 0 Å². The summed E-state index contributed by atoms with van der Waals surface area (Å²) in [7, 11) is 0. The fourth-order valence-corrected chi connectivity index (χ4v) is 1.80. The molecule has 0 fully saturated rings. The largest absolute Gasteiger partial charge is 0.342 e. The third-order valence-corrected chi connectivity index (χ3v) is 2.82. The van der Waals surface area contributed by atoms with Crippen LogP contribution in [0.4, 0.5) is 10.5 Å². The van der Waals surface area contributed by atoms with E-state index in [1.165, 1.54) is 0 Å². The topological polar surface area (TPSA) is 73.2 Å². The van der Waals surface area contributed by atoms with Crippen molar-refractivity contribution in [2.24, 2.45) is 0 Å². The highest BCUT2D eigenvalue weighted by Crippen LogP contribution is 2.15. The van der Waals surface area contributed by atoms with Gasteiger partial charge in [0.05, 0.1) is 5.69 Å². The molecule has 0 bridgehead atoms. The van der Waals surface area contributed by atoms with Crippen molar-refractivity contribution >= 4 is 17.6 Å². The lowest BCUT2D eigenvalue weighted by Crippen LogP contribution is -2.40. The zero-order chi connectivity index (χ0) is 15.2. The van der Waals surface area contributed by atoms with Gasteiger partial charge in [0, 0.05) is 5.56 Å². The van der Waals surface area contributed by atoms with Crippen LogP contribution < -0.4 is 10.2 Å². The highest BCUT2D eigenvalue weighted by molar-refractivity contribution is 6.09. The Morgan fingerprint density at radius 1 is 1.10 bits per heavy atom. The molecule has 0 unspecified atom stereocenters. The molecule has 3 amide bonds. The lowest BCUT2D eigenvalue weighted by Gasteiger charge is -2.14. The maximum atomic E-state index is 12.0. The van der Waals surface area contributed by atoms with Crippen molar-refractivity contribution in [2.75, 3.05) is 4.90 Å². The molecule has 0 aliphatic heterocycles. The second-order valence-corrected chi connectivity index (χ2v) is 4.40. The van der Waals surface area contributed by atoms with Crippen molar-refractivity contribution in [3.8, 4) is 6.19 Å². The molecule has 0 radical (unpaired) electrons. The Bertz CT molecular complexity index is 705. The molecule has 2 aromatic rings. The van der Waals surface area contributed by atoms with E-state index < -0.39 is 11.9 Å². The fraction of sp³-hybridized carbons (Fsp3) is 0.0625. The summed E-state index contributed by atoms with van der Waals surface area (Å²) in [6.07, 6.45) is 1.77. The van der Waals surface area contributed by atoms with Gasteiger partial charge < -0.3 is 0 Å². The summed E-state index contributed by atoms with van der Waals surface area (Å²) in [5, 5.41) is 11.3. The first-order chi connectivity index (χ1) is 10.1. The summed E-state index contributed by atoms with van der Waals surface area (Å²) >= 11 is 0. The molecule has 1 N–H and O–H groups in total. The molecule has 0 aliphatic carbocycles. The van der Waals surface area contributed by atoms with Gasteiger partial charge in [-0.3, -0.25) is 10.1 Å². The molecule has 0 aromatic heterocycles. The van der Waals surface area contributed by atoms with Crippen LogP contribution in [0.25, 0.3) is 0 Å². The first-order valence-corrected chi connectivity index (χ1v) is 6.28. The smallest absolute Gasteiger partial charge is 0.273 e. The van der Waals surface area contributed by atoms with Gasteiger partial charge in [-0.25, -0.2) is 4.79 Å². The number of benzene rings is 2. The Hall–Kier alpha value is -3.13. The summed E-state index contributed by atoms with van der Waals surface area (Å²) in [6.45, 7) is 1.85. The minimum absolute atomic E-state index is 0.355. The van der Waals surface area contributed by atoms with Gasteiger partial charge in [-0.15, -0.1) is 0 Å². The zero-order valence-corrected chi connectivity index (χ0v) is 11.4. The van der Waals surface area contributed by atoms with Crippen LogP contribution >= 0.6 is 0 Å². The van der Waals surface area contributed by atoms with Crippen LogP contribution in [0.2, 0.25) is 0 Å². The quantitative estimate of drug-likeness (QED) is 0.678. The Morgan fingerprint density at radius 2 is 1.81 bits per heavy atom. The molecule has 0 saturated carbocycles. The van der Waals surface area contributed by atoms with Crippen LogP contribution in [-0.2, 0) is 0 Å². The maximum absolute atomic E-state index is 12.0. The minimum atomic E-state index is -0.781. The molecular formula is C16H13N3O2. The standard InChI is InChI=1S/C16H13N3O2/c1-12-6-5-9-14(10-12)19(11-17)16(21)18-15(20)13-7-3-2-4-8-13/h2-10H,1H3,(H,18,20,21). The third-order valence-electron chi connectivity index (χ3n) is 2.82. The number of hydrogen-bond acceptors (Lipinski definition) is 3. The molecule has 0 atom stereocenters. The van der Waals surface area contributed by atoms with E-state index in [1.54, 1.807) is 54.7 Å². The Kier molecular flexibility index (Phi) is 4.32. The molecule has 104 valence electrons. The van der Waals surface area contributed by atoms with E-state index in [-0.39, 0.29) is 0 Å². The van der Waals surface area contributed by atoms with E-state index in [1.807, 2.05) is 13.0 Å². The number of anilines is 1. The number of imide groups is 1. The maximum Gasteiger partial charge on any atom is 0.342 e. The van der Waals surface area contributed by atoms with Crippen LogP contribution in [0.1, 0.15) is 15.9 Å². The second-order valence-electron chi connectivity index (χ2n) is 4.40. The van der Waals surface area contributed by atoms with Crippen LogP contribution in [0, 0.1) is 18.4 Å². The Balaban J connectivity index is 2.15. The summed E-state index contributed by atoms with van der Waals surface area (Å²) in [4.78, 5) is 24.8. The normalized spacial score (nSPS) is 9.52. The molecule has 2 rings (SSSR count). The molecule has 21 heavy (non-hydrogen) atoms. The van der Waals surface area contributed by atoms with Crippen molar-refractivity contribution in [3.63, 3.8) is 0 Å². The number of rotatable bonds is 2. The number of nitriles is 1. The monoisotopic (exact) mass is 279 g/mol. The molecule has 0 heterocycles. The van der Waals surface area contributed by atoms with E-state index in [4.69, 9.17) is 5.26 Å². The number of carbonyl (C=O) groups excluding carboxylic acids is 2. The lowest BCUT2D eigenvalue weighted by molar-refractivity contribution is 0.0966. The number of nitrogens with zero attached hydrogens (tertiary/aromatic N) is 2. The van der Waals surface area contributed by atoms with Crippen LogP contribution in [0.3, 0.4) is 0 Å². The van der Waals surface area contributed by atoms with E-state index in [9.17, 15) is 9.59 Å². The average Bonchev–Trinajstić information content (AvgIpc) is 2.49. The highest BCUT2D eigenvalue weighted by Gasteiger charge is 2.18.